The monoisotopic (exact) mass is 290 g/mol. The Morgan fingerprint density at radius 3 is 2.62 bits per heavy atom. The topological polar surface area (TPSA) is 45.5 Å². The van der Waals surface area contributed by atoms with Crippen molar-refractivity contribution in [1.82, 2.24) is 9.47 Å². The summed E-state index contributed by atoms with van der Waals surface area (Å²) in [4.78, 5) is 14.9. The van der Waals surface area contributed by atoms with E-state index in [1.54, 1.807) is 0 Å². The molecule has 116 valence electrons. The summed E-state index contributed by atoms with van der Waals surface area (Å²) in [6.07, 6.45) is 6.12. The fourth-order valence-corrected chi connectivity index (χ4v) is 4.05. The number of carbonyl (C=O) groups excluding carboxylic acids is 1. The molecule has 0 aromatic carbocycles. The summed E-state index contributed by atoms with van der Waals surface area (Å²) in [5, 5.41) is 10.3. The first-order valence-corrected chi connectivity index (χ1v) is 8.21. The average Bonchev–Trinajstić information content (AvgIpc) is 3.07. The van der Waals surface area contributed by atoms with Gasteiger partial charge in [0, 0.05) is 31.2 Å². The SMILES string of the molecule is Cc1ccc(C(=O)N2CCC[C@@H]2[C@H]2CCCC[C@@H]2O)n1C. The molecule has 1 aromatic rings. The fraction of sp³-hybridized carbons (Fsp3) is 0.706. The van der Waals surface area contributed by atoms with Gasteiger partial charge < -0.3 is 14.6 Å². The second-order valence-corrected chi connectivity index (χ2v) is 6.64. The smallest absolute Gasteiger partial charge is 0.270 e. The molecule has 0 unspecified atom stereocenters. The number of aliphatic hydroxyl groups is 1. The van der Waals surface area contributed by atoms with E-state index in [-0.39, 0.29) is 24.0 Å². The van der Waals surface area contributed by atoms with Crippen molar-refractivity contribution in [2.24, 2.45) is 13.0 Å². The number of rotatable bonds is 2. The summed E-state index contributed by atoms with van der Waals surface area (Å²) < 4.78 is 1.97. The number of aryl methyl sites for hydroxylation is 1. The molecule has 0 spiro atoms. The van der Waals surface area contributed by atoms with Gasteiger partial charge in [-0.3, -0.25) is 4.79 Å². The van der Waals surface area contributed by atoms with Crippen molar-refractivity contribution in [3.05, 3.63) is 23.5 Å². The second-order valence-electron chi connectivity index (χ2n) is 6.64. The molecule has 0 radical (unpaired) electrons. The van der Waals surface area contributed by atoms with Crippen LogP contribution in [0.3, 0.4) is 0 Å². The van der Waals surface area contributed by atoms with Crippen LogP contribution in [-0.2, 0) is 7.05 Å². The normalized spacial score (nSPS) is 29.9. The summed E-state index contributed by atoms with van der Waals surface area (Å²) in [5.74, 6) is 0.400. The van der Waals surface area contributed by atoms with E-state index in [9.17, 15) is 9.90 Å². The van der Waals surface area contributed by atoms with Crippen molar-refractivity contribution in [3.63, 3.8) is 0 Å². The molecule has 3 atom stereocenters. The summed E-state index contributed by atoms with van der Waals surface area (Å²) in [7, 11) is 1.95. The van der Waals surface area contributed by atoms with Crippen molar-refractivity contribution in [1.29, 1.82) is 0 Å². The number of aromatic nitrogens is 1. The Hall–Kier alpha value is -1.29. The number of carbonyl (C=O) groups is 1. The average molecular weight is 290 g/mol. The highest BCUT2D eigenvalue weighted by Gasteiger charge is 2.39. The number of nitrogens with zero attached hydrogens (tertiary/aromatic N) is 2. The molecule has 21 heavy (non-hydrogen) atoms. The first kappa shape index (κ1) is 14.6. The largest absolute Gasteiger partial charge is 0.393 e. The van der Waals surface area contributed by atoms with Crippen LogP contribution >= 0.6 is 0 Å². The highest BCUT2D eigenvalue weighted by molar-refractivity contribution is 5.93. The summed E-state index contributed by atoms with van der Waals surface area (Å²) in [6, 6.07) is 4.14. The van der Waals surface area contributed by atoms with Gasteiger partial charge >= 0.3 is 0 Å². The lowest BCUT2D eigenvalue weighted by Crippen LogP contribution is -2.45. The van der Waals surface area contributed by atoms with Crippen molar-refractivity contribution >= 4 is 5.91 Å². The molecule has 1 saturated heterocycles. The molecule has 3 rings (SSSR count). The third kappa shape index (κ3) is 2.61. The molecule has 0 bridgehead atoms. The molecule has 1 saturated carbocycles. The molecule has 2 heterocycles. The number of hydrogen-bond acceptors (Lipinski definition) is 2. The first-order chi connectivity index (χ1) is 10.1. The van der Waals surface area contributed by atoms with Gasteiger partial charge in [-0.05, 0) is 44.7 Å². The van der Waals surface area contributed by atoms with E-state index < -0.39 is 0 Å². The minimum absolute atomic E-state index is 0.130. The van der Waals surface area contributed by atoms with Crippen LogP contribution in [0.25, 0.3) is 0 Å². The van der Waals surface area contributed by atoms with E-state index in [0.717, 1.165) is 50.0 Å². The van der Waals surface area contributed by atoms with Crippen LogP contribution in [-0.4, -0.2) is 39.2 Å². The summed E-state index contributed by atoms with van der Waals surface area (Å²) in [5.41, 5.74) is 1.87. The third-order valence-electron chi connectivity index (χ3n) is 5.43. The standard InChI is InChI=1S/C17H26N2O2/c1-12-9-10-15(18(12)2)17(21)19-11-5-7-14(19)13-6-3-4-8-16(13)20/h9-10,13-14,16,20H,3-8,11H2,1-2H3/t13-,14-,16+/m1/s1. The predicted molar refractivity (Wildman–Crippen MR) is 82.2 cm³/mol. The molecule has 1 aliphatic carbocycles. The van der Waals surface area contributed by atoms with E-state index >= 15 is 0 Å². The van der Waals surface area contributed by atoms with Gasteiger partial charge in [0.05, 0.1) is 6.10 Å². The first-order valence-electron chi connectivity index (χ1n) is 8.21. The second kappa shape index (κ2) is 5.84. The van der Waals surface area contributed by atoms with Gasteiger partial charge in [-0.2, -0.15) is 0 Å². The van der Waals surface area contributed by atoms with E-state index in [0.29, 0.717) is 0 Å². The Bertz CT molecular complexity index is 523. The zero-order valence-electron chi connectivity index (χ0n) is 13.1. The highest BCUT2D eigenvalue weighted by atomic mass is 16.3. The maximum atomic E-state index is 12.9. The quantitative estimate of drug-likeness (QED) is 0.909. The van der Waals surface area contributed by atoms with Crippen LogP contribution in [0.4, 0.5) is 0 Å². The van der Waals surface area contributed by atoms with E-state index in [4.69, 9.17) is 0 Å². The Labute approximate surface area is 126 Å². The van der Waals surface area contributed by atoms with Gasteiger partial charge in [-0.1, -0.05) is 12.8 Å². The molecule has 4 nitrogen and oxygen atoms in total. The lowest BCUT2D eigenvalue weighted by molar-refractivity contribution is 0.0208. The van der Waals surface area contributed by atoms with Gasteiger partial charge in [-0.25, -0.2) is 0 Å². The summed E-state index contributed by atoms with van der Waals surface area (Å²) in [6.45, 7) is 2.85. The van der Waals surface area contributed by atoms with Crippen LogP contribution in [0.5, 0.6) is 0 Å². The van der Waals surface area contributed by atoms with Crippen LogP contribution in [0.2, 0.25) is 0 Å². The van der Waals surface area contributed by atoms with Crippen molar-refractivity contribution in [3.8, 4) is 0 Å². The van der Waals surface area contributed by atoms with Crippen molar-refractivity contribution in [2.45, 2.75) is 57.6 Å². The summed E-state index contributed by atoms with van der Waals surface area (Å²) >= 11 is 0. The Kier molecular flexibility index (Phi) is 4.07. The lowest BCUT2D eigenvalue weighted by Gasteiger charge is -2.37. The molecular weight excluding hydrogens is 264 g/mol. The Morgan fingerprint density at radius 2 is 1.95 bits per heavy atom. The Morgan fingerprint density at radius 1 is 1.19 bits per heavy atom. The predicted octanol–water partition coefficient (Wildman–Crippen LogP) is 2.49. The molecule has 1 aliphatic heterocycles. The lowest BCUT2D eigenvalue weighted by atomic mass is 9.80. The molecule has 1 aromatic heterocycles. The number of amides is 1. The molecular formula is C17H26N2O2. The van der Waals surface area contributed by atoms with Crippen molar-refractivity contribution < 1.29 is 9.90 Å². The van der Waals surface area contributed by atoms with Gasteiger partial charge in [0.2, 0.25) is 0 Å². The molecule has 1 amide bonds. The maximum absolute atomic E-state index is 12.9. The van der Waals surface area contributed by atoms with Crippen LogP contribution in [0, 0.1) is 12.8 Å². The Balaban J connectivity index is 1.80. The van der Waals surface area contributed by atoms with Gasteiger partial charge in [0.1, 0.15) is 5.69 Å². The fourth-order valence-electron chi connectivity index (χ4n) is 4.05. The van der Waals surface area contributed by atoms with Crippen LogP contribution < -0.4 is 0 Å². The minimum Gasteiger partial charge on any atom is -0.393 e. The van der Waals surface area contributed by atoms with Crippen LogP contribution in [0.1, 0.15) is 54.7 Å². The van der Waals surface area contributed by atoms with Gasteiger partial charge in [-0.15, -0.1) is 0 Å². The minimum atomic E-state index is -0.229. The highest BCUT2D eigenvalue weighted by Crippen LogP contribution is 2.35. The zero-order chi connectivity index (χ0) is 15.0. The number of hydrogen-bond donors (Lipinski definition) is 1. The van der Waals surface area contributed by atoms with E-state index in [2.05, 4.69) is 0 Å². The zero-order valence-corrected chi connectivity index (χ0v) is 13.1. The third-order valence-corrected chi connectivity index (χ3v) is 5.43. The van der Waals surface area contributed by atoms with Gasteiger partial charge in [0.25, 0.3) is 5.91 Å². The van der Waals surface area contributed by atoms with Crippen molar-refractivity contribution in [2.75, 3.05) is 6.54 Å². The maximum Gasteiger partial charge on any atom is 0.270 e. The number of likely N-dealkylation sites (tertiary alicyclic amines) is 1. The molecule has 1 N–H and O–H groups in total. The van der Waals surface area contributed by atoms with E-state index in [1.807, 2.05) is 35.6 Å². The van der Waals surface area contributed by atoms with Gasteiger partial charge in [0.15, 0.2) is 0 Å². The molecule has 4 heteroatoms. The van der Waals surface area contributed by atoms with E-state index in [1.165, 1.54) is 6.42 Å². The molecule has 2 fully saturated rings. The number of aliphatic hydroxyl groups excluding tert-OH is 1. The van der Waals surface area contributed by atoms with Crippen LogP contribution in [0.15, 0.2) is 12.1 Å². The molecule has 2 aliphatic rings.